The van der Waals surface area contributed by atoms with Crippen molar-refractivity contribution in [3.8, 4) is 0 Å². The summed E-state index contributed by atoms with van der Waals surface area (Å²) in [5.41, 5.74) is 9.61. The van der Waals surface area contributed by atoms with Crippen LogP contribution in [0.5, 0.6) is 0 Å². The molecule has 13 heteroatoms. The van der Waals surface area contributed by atoms with Gasteiger partial charge in [-0.2, -0.15) is 0 Å². The third-order valence-electron chi connectivity index (χ3n) is 12.9. The van der Waals surface area contributed by atoms with Crippen molar-refractivity contribution in [3.05, 3.63) is 71.5 Å². The van der Waals surface area contributed by atoms with Crippen molar-refractivity contribution < 1.29 is 43.5 Å². The van der Waals surface area contributed by atoms with Gasteiger partial charge < -0.3 is 52.4 Å². The van der Waals surface area contributed by atoms with Gasteiger partial charge in [-0.25, -0.2) is 8.78 Å². The molecule has 1 heterocycles. The summed E-state index contributed by atoms with van der Waals surface area (Å²) < 4.78 is 47.2. The highest BCUT2D eigenvalue weighted by Crippen LogP contribution is 2.74. The summed E-state index contributed by atoms with van der Waals surface area (Å²) in [5, 5.41) is 47.7. The van der Waals surface area contributed by atoms with E-state index >= 15 is 8.78 Å². The fourth-order valence-corrected chi connectivity index (χ4v) is 10.3. The van der Waals surface area contributed by atoms with E-state index in [9.17, 15) is 25.2 Å². The Balaban J connectivity index is 1.20. The van der Waals surface area contributed by atoms with Crippen molar-refractivity contribution in [3.63, 3.8) is 0 Å². The van der Waals surface area contributed by atoms with Crippen LogP contribution in [-0.4, -0.2) is 98.2 Å². The highest BCUT2D eigenvalue weighted by Gasteiger charge is 2.88. The second-order valence-corrected chi connectivity index (χ2v) is 15.2. The van der Waals surface area contributed by atoms with Gasteiger partial charge >= 0.3 is 0 Å². The smallest absolute Gasteiger partial charge is 0.184 e. The van der Waals surface area contributed by atoms with Crippen molar-refractivity contribution >= 4 is 5.78 Å². The molecule has 0 aromatic rings. The molecule has 262 valence electrons. The van der Waals surface area contributed by atoms with Crippen LogP contribution in [0.3, 0.4) is 0 Å². The first-order valence-electron chi connectivity index (χ1n) is 16.6. The second kappa shape index (κ2) is 11.0. The third kappa shape index (κ3) is 4.08. The molecule has 0 aromatic heterocycles. The number of hydrogen-bond donors (Lipinski definition) is 8. The molecule has 0 bridgehead atoms. The number of rotatable bonds is 6. The van der Waals surface area contributed by atoms with Gasteiger partial charge in [-0.15, -0.1) is 0 Å². The van der Waals surface area contributed by atoms with Crippen LogP contribution >= 0.6 is 0 Å². The second-order valence-electron chi connectivity index (χ2n) is 15.2. The van der Waals surface area contributed by atoms with Crippen LogP contribution in [0.1, 0.15) is 46.0 Å². The van der Waals surface area contributed by atoms with Crippen molar-refractivity contribution in [2.75, 3.05) is 6.61 Å². The highest BCUT2D eigenvalue weighted by atomic mass is 19.1. The molecule has 0 aromatic carbocycles. The van der Waals surface area contributed by atoms with Gasteiger partial charge in [0.1, 0.15) is 24.1 Å². The fraction of sp³-hybridized carbons (Fsp3) is 0.629. The van der Waals surface area contributed by atoms with E-state index in [2.05, 4.69) is 5.32 Å². The van der Waals surface area contributed by atoms with E-state index in [-0.39, 0.29) is 30.4 Å². The Bertz CT molecular complexity index is 1580. The molecular formula is C35H46F2N4O7. The quantitative estimate of drug-likeness (QED) is 0.182. The topological polar surface area (TPSA) is 207 Å². The molecule has 11 N–H and O–H groups in total. The van der Waals surface area contributed by atoms with Crippen molar-refractivity contribution in [2.24, 2.45) is 33.9 Å². The maximum atomic E-state index is 18.0. The number of fused-ring (bicyclic) bond motifs is 7. The van der Waals surface area contributed by atoms with Gasteiger partial charge in [0.2, 0.25) is 0 Å². The number of ketones is 1. The van der Waals surface area contributed by atoms with E-state index < -0.39 is 89.0 Å². The lowest BCUT2D eigenvalue weighted by atomic mass is 9.39. The first-order valence-corrected chi connectivity index (χ1v) is 16.6. The maximum Gasteiger partial charge on any atom is 0.184 e. The predicted octanol–water partition coefficient (Wildman–Crippen LogP) is 0.493. The number of alkyl halides is 2. The van der Waals surface area contributed by atoms with Gasteiger partial charge in [-0.3, -0.25) is 4.79 Å². The van der Waals surface area contributed by atoms with E-state index in [1.807, 2.05) is 30.4 Å². The number of nitrogens with one attached hydrogen (secondary N) is 1. The number of aliphatic hydroxyl groups is 4. The number of carbonyl (C=O) groups is 1. The summed E-state index contributed by atoms with van der Waals surface area (Å²) >= 11 is 0. The number of carbonyl (C=O) groups excluding carboxylic acids is 1. The van der Waals surface area contributed by atoms with Gasteiger partial charge in [0, 0.05) is 46.0 Å². The minimum Gasteiger partial charge on any atom is -0.394 e. The fourth-order valence-electron chi connectivity index (χ4n) is 10.3. The van der Waals surface area contributed by atoms with Crippen LogP contribution in [0, 0.1) is 16.7 Å². The van der Waals surface area contributed by atoms with E-state index in [0.29, 0.717) is 12.0 Å². The summed E-state index contributed by atoms with van der Waals surface area (Å²) in [5.74, 6) is -0.781. The summed E-state index contributed by atoms with van der Waals surface area (Å²) in [6.07, 6.45) is 6.27. The van der Waals surface area contributed by atoms with Crippen LogP contribution < -0.4 is 22.5 Å². The van der Waals surface area contributed by atoms with Crippen LogP contribution in [-0.2, 0) is 14.3 Å². The highest BCUT2D eigenvalue weighted by molar-refractivity contribution is 6.01. The monoisotopic (exact) mass is 672 g/mol. The van der Waals surface area contributed by atoms with Gasteiger partial charge in [-0.05, 0) is 62.5 Å². The van der Waals surface area contributed by atoms with Crippen molar-refractivity contribution in [1.82, 2.24) is 5.32 Å². The largest absolute Gasteiger partial charge is 0.394 e. The molecule has 7 aliphatic rings. The normalized spacial score (nSPS) is 50.4. The Morgan fingerprint density at radius 1 is 1.10 bits per heavy atom. The predicted molar refractivity (Wildman–Crippen MR) is 171 cm³/mol. The molecule has 4 fully saturated rings. The Morgan fingerprint density at radius 2 is 1.85 bits per heavy atom. The lowest BCUT2D eigenvalue weighted by molar-refractivity contribution is -0.265. The molecule has 1 aliphatic heterocycles. The van der Waals surface area contributed by atoms with Crippen LogP contribution in [0.25, 0.3) is 0 Å². The first kappa shape index (κ1) is 33.9. The minimum absolute atomic E-state index is 0.106. The molecule has 0 spiro atoms. The Kier molecular flexibility index (Phi) is 7.73. The minimum atomic E-state index is -2.73. The summed E-state index contributed by atoms with van der Waals surface area (Å²) in [6, 6.07) is -0.130. The molecule has 1 saturated heterocycles. The molecular weight excluding hydrogens is 626 g/mol. The Hall–Kier alpha value is -2.59. The molecule has 3 saturated carbocycles. The molecule has 6 aliphatic carbocycles. The van der Waals surface area contributed by atoms with Crippen molar-refractivity contribution in [2.45, 2.75) is 111 Å². The summed E-state index contributed by atoms with van der Waals surface area (Å²) in [6.45, 7) is 2.27. The first-order chi connectivity index (χ1) is 22.5. The number of ether oxygens (including phenoxy) is 2. The average molecular weight is 673 g/mol. The van der Waals surface area contributed by atoms with Crippen LogP contribution in [0.4, 0.5) is 8.78 Å². The standard InChI is InChI=1S/C35H46F2N4O7/c1-30-11-10-22(43)13-23(30)24(36)14-33(40)32(39)16-27-34(26(45)17-42,31(32,2)15-25(44)35(30,33)37)48-29(47-27)19-8-6-18(7-9-19)28(46)41-21-5-3-4-20(38)12-21/h3,5-6,8-13,18,20,24-29,41-42,44-46H,4,7,14-17,38-40H2,1-2H3. The molecule has 48 heavy (non-hydrogen) atoms. The number of aliphatic hydroxyl groups excluding tert-OH is 4. The maximum absolute atomic E-state index is 18.0. The van der Waals surface area contributed by atoms with Crippen LogP contribution in [0.15, 0.2) is 71.5 Å². The Labute approximate surface area is 277 Å². The van der Waals surface area contributed by atoms with Gasteiger partial charge in [0.25, 0.3) is 0 Å². The zero-order chi connectivity index (χ0) is 34.7. The van der Waals surface area contributed by atoms with Gasteiger partial charge in [0.05, 0.1) is 24.4 Å². The van der Waals surface area contributed by atoms with Gasteiger partial charge in [-0.1, -0.05) is 37.3 Å². The summed E-state index contributed by atoms with van der Waals surface area (Å²) in [4.78, 5) is 12.2. The Morgan fingerprint density at radius 3 is 2.52 bits per heavy atom. The molecule has 14 unspecified atom stereocenters. The van der Waals surface area contributed by atoms with E-state index in [1.54, 1.807) is 13.0 Å². The molecule has 11 nitrogen and oxygen atoms in total. The van der Waals surface area contributed by atoms with E-state index in [0.717, 1.165) is 24.3 Å². The summed E-state index contributed by atoms with van der Waals surface area (Å²) in [7, 11) is 0. The molecule has 0 amide bonds. The molecule has 14 atom stereocenters. The lowest BCUT2D eigenvalue weighted by Crippen LogP contribution is -2.90. The number of allylic oxidation sites excluding steroid dienone is 6. The third-order valence-corrected chi connectivity index (χ3v) is 12.9. The average Bonchev–Trinajstić information content (AvgIpc) is 3.51. The lowest BCUT2D eigenvalue weighted by Gasteiger charge is -2.71. The van der Waals surface area contributed by atoms with Crippen LogP contribution in [0.2, 0.25) is 0 Å². The van der Waals surface area contributed by atoms with Crippen molar-refractivity contribution in [1.29, 1.82) is 0 Å². The zero-order valence-corrected chi connectivity index (χ0v) is 27.1. The SMILES string of the molecule is CC12C=CC(=O)C=C1C(F)CC1(N)C3(N)CC4OC(C5=CCC(C(O)NC6=CC(N)CC=C6)C=C5)OC4(C(O)CO)C3(C)CC(O)C21F. The number of nitrogens with two attached hydrogens (primary N) is 3. The van der Waals surface area contributed by atoms with E-state index in [4.69, 9.17) is 26.7 Å². The molecule has 7 rings (SSSR count). The van der Waals surface area contributed by atoms with E-state index in [1.165, 1.54) is 13.0 Å². The zero-order valence-electron chi connectivity index (χ0n) is 27.1. The van der Waals surface area contributed by atoms with Gasteiger partial charge in [0.15, 0.2) is 17.7 Å². The number of halogens is 2. The number of hydrogen-bond acceptors (Lipinski definition) is 11. The molecule has 0 radical (unpaired) electrons.